The summed E-state index contributed by atoms with van der Waals surface area (Å²) in [7, 11) is 0. The van der Waals surface area contributed by atoms with E-state index in [0.29, 0.717) is 5.65 Å². The second-order valence-corrected chi connectivity index (χ2v) is 26.9. The molecule has 0 aliphatic carbocycles. The van der Waals surface area contributed by atoms with Crippen molar-refractivity contribution in [3.63, 3.8) is 0 Å². The Morgan fingerprint density at radius 3 is 2.26 bits per heavy atom. The molecular weight excluding hydrogens is 949 g/mol. The van der Waals surface area contributed by atoms with E-state index in [1.165, 1.54) is 27.2 Å². The molecule has 0 saturated carbocycles. The van der Waals surface area contributed by atoms with Crippen molar-refractivity contribution in [3.05, 3.63) is 163 Å². The molecule has 9 rings (SSSR count). The summed E-state index contributed by atoms with van der Waals surface area (Å²) in [5.41, 5.74) is 11.4. The molecule has 58 heavy (non-hydrogen) atoms. The summed E-state index contributed by atoms with van der Waals surface area (Å²) < 4.78 is 40.2. The molecule has 0 aliphatic heterocycles. The van der Waals surface area contributed by atoms with Gasteiger partial charge in [-0.15, -0.1) is 18.2 Å². The van der Waals surface area contributed by atoms with Gasteiger partial charge in [0.25, 0.3) is 0 Å². The average molecular weight is 1000 g/mol. The first-order chi connectivity index (χ1) is 29.0. The first-order valence-electron chi connectivity index (χ1n) is 21.4. The Morgan fingerprint density at radius 2 is 1.57 bits per heavy atom. The van der Waals surface area contributed by atoms with E-state index < -0.39 is 20.1 Å². The molecule has 1 radical (unpaired) electrons. The Kier molecular flexibility index (Phi) is 10.3. The van der Waals surface area contributed by atoms with Crippen LogP contribution in [0.1, 0.15) is 49.9 Å². The Labute approximate surface area is 363 Å². The normalized spacial score (nSPS) is 13.5. The fraction of sp³-hybridized carbons (Fsp3) is 0.196. The molecule has 0 fully saturated rings. The van der Waals surface area contributed by atoms with Gasteiger partial charge in [0.2, 0.25) is 0 Å². The second kappa shape index (κ2) is 16.6. The van der Waals surface area contributed by atoms with Crippen LogP contribution in [-0.2, 0) is 31.9 Å². The SMILES string of the molecule is CC(C)(C)c1ccnc2nc(-c3[c-]ccc4c3oc3ccccc34)n(-c3ccc(-c4ccccc4)cc3)c12.[2H]C(C)c1cc(-c2[c-]cc(C([2H])([2H])[2H])cc2)nc[c]1[Ge]([CH3])([CH3])[CH3].[Ir]. The van der Waals surface area contributed by atoms with E-state index in [9.17, 15) is 0 Å². The van der Waals surface area contributed by atoms with Crippen LogP contribution in [0.2, 0.25) is 17.3 Å². The molecule has 4 aromatic heterocycles. The van der Waals surface area contributed by atoms with Crippen LogP contribution in [0.3, 0.4) is 0 Å². The van der Waals surface area contributed by atoms with Crippen LogP contribution in [-0.4, -0.2) is 32.8 Å². The summed E-state index contributed by atoms with van der Waals surface area (Å²) in [6.45, 7) is 6.43. The molecule has 0 aliphatic rings. The Hall–Kier alpha value is -5.14. The number of furan rings is 1. The van der Waals surface area contributed by atoms with Crippen molar-refractivity contribution in [1.82, 2.24) is 19.5 Å². The van der Waals surface area contributed by atoms with E-state index in [1.807, 2.05) is 55.7 Å². The molecule has 0 spiro atoms. The van der Waals surface area contributed by atoms with E-state index in [-0.39, 0.29) is 37.5 Å². The summed E-state index contributed by atoms with van der Waals surface area (Å²) in [6, 6.07) is 46.6. The van der Waals surface area contributed by atoms with E-state index in [1.54, 1.807) is 12.1 Å². The molecule has 1 unspecified atom stereocenters. The van der Waals surface area contributed by atoms with E-state index in [0.717, 1.165) is 61.4 Å². The van der Waals surface area contributed by atoms with E-state index in [4.69, 9.17) is 19.9 Å². The summed E-state index contributed by atoms with van der Waals surface area (Å²) >= 11 is -2.09. The number of aryl methyl sites for hydroxylation is 2. The van der Waals surface area contributed by atoms with Crippen molar-refractivity contribution in [2.45, 2.75) is 63.6 Å². The predicted molar refractivity (Wildman–Crippen MR) is 240 cm³/mol. The third-order valence-corrected chi connectivity index (χ3v) is 14.6. The Bertz CT molecular complexity index is 3000. The van der Waals surface area contributed by atoms with Crippen LogP contribution in [0.4, 0.5) is 0 Å². The number of fused-ring (bicyclic) bond motifs is 4. The molecule has 7 heteroatoms. The van der Waals surface area contributed by atoms with Crippen molar-refractivity contribution in [2.75, 3.05) is 0 Å². The third kappa shape index (κ3) is 8.11. The summed E-state index contributed by atoms with van der Waals surface area (Å²) in [6.07, 6.45) is 3.45. The molecule has 0 saturated heterocycles. The molecule has 0 bridgehead atoms. The van der Waals surface area contributed by atoms with Crippen molar-refractivity contribution in [3.8, 4) is 39.5 Å². The van der Waals surface area contributed by atoms with Gasteiger partial charge in [-0.3, -0.25) is 4.98 Å². The number of hydrogen-bond donors (Lipinski definition) is 0. The largest absolute Gasteiger partial charge is 0 e. The first-order valence-corrected chi connectivity index (χ1v) is 26.6. The van der Waals surface area contributed by atoms with Gasteiger partial charge in [-0.2, -0.15) is 0 Å². The summed E-state index contributed by atoms with van der Waals surface area (Å²) in [4.78, 5) is 14.3. The number of pyridine rings is 2. The summed E-state index contributed by atoms with van der Waals surface area (Å²) in [5.74, 6) is 7.64. The van der Waals surface area contributed by atoms with Gasteiger partial charge >= 0.3 is 124 Å². The topological polar surface area (TPSA) is 56.7 Å². The zero-order valence-corrected chi connectivity index (χ0v) is 38.3. The van der Waals surface area contributed by atoms with Crippen LogP contribution < -0.4 is 4.40 Å². The fourth-order valence-corrected chi connectivity index (χ4v) is 10.6. The first kappa shape index (κ1) is 36.0. The molecule has 0 N–H and O–H groups in total. The molecule has 9 aromatic rings. The Balaban J connectivity index is 0.000000208. The zero-order chi connectivity index (χ0) is 43.3. The van der Waals surface area contributed by atoms with Gasteiger partial charge in [0.1, 0.15) is 5.58 Å². The molecule has 5 aromatic carbocycles. The minimum atomic E-state index is -2.12. The van der Waals surface area contributed by atoms with Gasteiger partial charge in [0.05, 0.1) is 16.9 Å². The third-order valence-electron chi connectivity index (χ3n) is 10.3. The van der Waals surface area contributed by atoms with Crippen LogP contribution in [0.25, 0.3) is 72.6 Å². The number of para-hydroxylation sites is 1. The maximum Gasteiger partial charge on any atom is 0 e. The number of rotatable bonds is 6. The predicted octanol–water partition coefficient (Wildman–Crippen LogP) is 12.7. The monoisotopic (exact) mass is 1000 g/mol. The number of aromatic nitrogens is 4. The minimum Gasteiger partial charge on any atom is 0 e. The number of imidazole rings is 1. The molecule has 4 heterocycles. The van der Waals surface area contributed by atoms with E-state index >= 15 is 0 Å². The Morgan fingerprint density at radius 1 is 0.828 bits per heavy atom. The number of hydrogen-bond acceptors (Lipinski definition) is 4. The standard InChI is InChI=1S/C34H26N3O.C17H22GeN.Ir/c1-34(2,3)28-20-21-35-32-30(28)37(24-18-16-23(17-19-24)22-10-5-4-6-11-22)33(36-32)27-14-9-13-26-25-12-7-8-15-29(25)38-31(26)27;1-6-14-11-17(15-9-7-13(2)8-10-15)19-12-16(14)18(3,4)5;/h4-13,15-21H,1-3H3;7-9,11-12H,6H2,1-5H3;/q2*-1;/i;2D3,6D;. The molecule has 1 atom stereocenters. The molecule has 0 amide bonds. The van der Waals surface area contributed by atoms with Gasteiger partial charge in [-0.25, -0.2) is 4.98 Å². The van der Waals surface area contributed by atoms with Crippen LogP contribution >= 0.6 is 0 Å². The molecular formula is C51H48GeIrN4O-2. The molecule has 293 valence electrons. The van der Waals surface area contributed by atoms with Crippen molar-refractivity contribution in [2.24, 2.45) is 0 Å². The fourth-order valence-electron chi connectivity index (χ4n) is 7.38. The van der Waals surface area contributed by atoms with Crippen molar-refractivity contribution < 1.29 is 30.0 Å². The average Bonchev–Trinajstić information content (AvgIpc) is 3.82. The molecule has 5 nitrogen and oxygen atoms in total. The van der Waals surface area contributed by atoms with Crippen LogP contribution in [0, 0.1) is 19.0 Å². The minimum absolute atomic E-state index is 0. The number of benzene rings is 5. The van der Waals surface area contributed by atoms with Gasteiger partial charge in [0.15, 0.2) is 5.65 Å². The zero-order valence-electron chi connectivity index (χ0n) is 37.8. The maximum atomic E-state index is 8.13. The number of nitrogens with zero attached hydrogens (tertiary/aromatic N) is 4. The quantitative estimate of drug-likeness (QED) is 0.123. The van der Waals surface area contributed by atoms with Crippen LogP contribution in [0.15, 0.2) is 138 Å². The van der Waals surface area contributed by atoms with Crippen LogP contribution in [0.5, 0.6) is 0 Å². The van der Waals surface area contributed by atoms with Gasteiger partial charge in [-0.1, -0.05) is 92.4 Å². The van der Waals surface area contributed by atoms with Crippen molar-refractivity contribution in [1.29, 1.82) is 0 Å². The van der Waals surface area contributed by atoms with Gasteiger partial charge < -0.3 is 8.98 Å². The van der Waals surface area contributed by atoms with Gasteiger partial charge in [-0.05, 0) is 46.4 Å². The summed E-state index contributed by atoms with van der Waals surface area (Å²) in [5, 5.41) is 2.14. The van der Waals surface area contributed by atoms with Crippen molar-refractivity contribution >= 4 is 50.8 Å². The maximum absolute atomic E-state index is 8.13. The van der Waals surface area contributed by atoms with Gasteiger partial charge in [0, 0.05) is 37.4 Å². The second-order valence-electron chi connectivity index (χ2n) is 16.3. The smallest absolute Gasteiger partial charge is 0 e. The van der Waals surface area contributed by atoms with E-state index in [2.05, 4.69) is 126 Å².